The molecule has 28 heavy (non-hydrogen) atoms. The van der Waals surface area contributed by atoms with Gasteiger partial charge in [-0.05, 0) is 37.0 Å². The summed E-state index contributed by atoms with van der Waals surface area (Å²) < 4.78 is 1.59. The molecule has 3 rings (SSSR count). The summed E-state index contributed by atoms with van der Waals surface area (Å²) in [5.41, 5.74) is 8.78. The lowest BCUT2D eigenvalue weighted by atomic mass is 9.87. The van der Waals surface area contributed by atoms with Gasteiger partial charge in [-0.25, -0.2) is 9.50 Å². The van der Waals surface area contributed by atoms with Crippen LogP contribution in [-0.4, -0.2) is 31.4 Å². The topological polar surface area (TPSA) is 101 Å². The van der Waals surface area contributed by atoms with E-state index < -0.39 is 0 Å². The second-order valence-electron chi connectivity index (χ2n) is 7.74. The van der Waals surface area contributed by atoms with Gasteiger partial charge < -0.3 is 0 Å². The van der Waals surface area contributed by atoms with Crippen LogP contribution in [0.1, 0.15) is 53.6 Å². The van der Waals surface area contributed by atoms with Crippen molar-refractivity contribution in [3.05, 3.63) is 58.7 Å². The second kappa shape index (κ2) is 7.38. The predicted octanol–water partition coefficient (Wildman–Crippen LogP) is 2.04. The van der Waals surface area contributed by atoms with Gasteiger partial charge in [0, 0.05) is 22.5 Å². The molecule has 8 nitrogen and oxygen atoms in total. The van der Waals surface area contributed by atoms with E-state index in [1.165, 1.54) is 6.33 Å². The molecule has 0 bridgehead atoms. The van der Waals surface area contributed by atoms with Gasteiger partial charge in [0.25, 0.3) is 11.7 Å². The number of aromatic nitrogens is 4. The van der Waals surface area contributed by atoms with Crippen LogP contribution in [0.25, 0.3) is 5.78 Å². The van der Waals surface area contributed by atoms with Gasteiger partial charge in [-0.2, -0.15) is 10.1 Å². The molecule has 0 saturated carbocycles. The predicted molar refractivity (Wildman–Crippen MR) is 105 cm³/mol. The highest BCUT2D eigenvalue weighted by Crippen LogP contribution is 2.22. The number of hydrogen-bond donors (Lipinski definition) is 2. The molecule has 2 N–H and O–H groups in total. The molecule has 1 aromatic carbocycles. The molecule has 2 aromatic heterocycles. The molecular formula is C20H24N6O2. The van der Waals surface area contributed by atoms with Gasteiger partial charge in [0.15, 0.2) is 0 Å². The fourth-order valence-corrected chi connectivity index (χ4v) is 2.94. The maximum Gasteiger partial charge on any atom is 0.269 e. The summed E-state index contributed by atoms with van der Waals surface area (Å²) in [5.74, 6) is -0.217. The summed E-state index contributed by atoms with van der Waals surface area (Å²) >= 11 is 0. The third-order valence-corrected chi connectivity index (χ3v) is 4.65. The van der Waals surface area contributed by atoms with E-state index in [4.69, 9.17) is 0 Å². The number of benzene rings is 1. The lowest BCUT2D eigenvalue weighted by molar-refractivity contribution is -0.121. The first-order valence-corrected chi connectivity index (χ1v) is 9.02. The van der Waals surface area contributed by atoms with E-state index in [0.29, 0.717) is 17.0 Å². The Kier molecular flexibility index (Phi) is 5.13. The quantitative estimate of drug-likeness (QED) is 0.677. The number of nitrogens with zero attached hydrogens (tertiary/aromatic N) is 4. The van der Waals surface area contributed by atoms with Crippen molar-refractivity contribution < 1.29 is 9.59 Å². The fourth-order valence-electron chi connectivity index (χ4n) is 2.94. The van der Waals surface area contributed by atoms with E-state index in [1.807, 2.05) is 26.0 Å². The molecular weight excluding hydrogens is 356 g/mol. The molecule has 0 aliphatic heterocycles. The van der Waals surface area contributed by atoms with Gasteiger partial charge in [0.1, 0.15) is 6.33 Å². The largest absolute Gasteiger partial charge is 0.273 e. The second-order valence-corrected chi connectivity index (χ2v) is 7.74. The molecule has 0 fully saturated rings. The minimum absolute atomic E-state index is 0.0121. The summed E-state index contributed by atoms with van der Waals surface area (Å²) in [4.78, 5) is 33.0. The van der Waals surface area contributed by atoms with Gasteiger partial charge >= 0.3 is 0 Å². The van der Waals surface area contributed by atoms with Crippen LogP contribution in [-0.2, 0) is 16.6 Å². The van der Waals surface area contributed by atoms with Crippen LogP contribution in [0.3, 0.4) is 0 Å². The van der Waals surface area contributed by atoms with Gasteiger partial charge in [-0.1, -0.05) is 32.9 Å². The van der Waals surface area contributed by atoms with Crippen LogP contribution in [0.15, 0.2) is 30.6 Å². The van der Waals surface area contributed by atoms with Gasteiger partial charge in [0.05, 0.1) is 6.42 Å². The standard InChI is InChI=1S/C20H24N6O2/c1-12-16(13(2)26-19(23-12)21-11-22-26)10-17(27)24-25-18(28)14-6-8-15(9-7-14)20(3,4)5/h6-9,11H,10H2,1-5H3,(H,24,27)(H,25,28). The van der Waals surface area contributed by atoms with E-state index >= 15 is 0 Å². The van der Waals surface area contributed by atoms with Crippen LogP contribution in [0.5, 0.6) is 0 Å². The van der Waals surface area contributed by atoms with Crippen molar-refractivity contribution >= 4 is 17.6 Å². The van der Waals surface area contributed by atoms with Gasteiger partial charge in [-0.3, -0.25) is 20.4 Å². The molecule has 0 saturated heterocycles. The summed E-state index contributed by atoms with van der Waals surface area (Å²) in [6, 6.07) is 7.34. The average molecular weight is 380 g/mol. The number of fused-ring (bicyclic) bond motifs is 1. The normalized spacial score (nSPS) is 11.5. The van der Waals surface area contributed by atoms with Crippen molar-refractivity contribution in [2.45, 2.75) is 46.5 Å². The summed E-state index contributed by atoms with van der Waals surface area (Å²) in [7, 11) is 0. The third kappa shape index (κ3) is 4.00. The molecule has 0 aliphatic rings. The lowest BCUT2D eigenvalue weighted by Gasteiger charge is -2.19. The maximum absolute atomic E-state index is 12.3. The molecule has 8 heteroatoms. The molecule has 3 aromatic rings. The number of carbonyl (C=O) groups excluding carboxylic acids is 2. The smallest absolute Gasteiger partial charge is 0.269 e. The van der Waals surface area contributed by atoms with Crippen molar-refractivity contribution in [3.8, 4) is 0 Å². The minimum atomic E-state index is -0.368. The first-order chi connectivity index (χ1) is 13.2. The highest BCUT2D eigenvalue weighted by Gasteiger charge is 2.16. The van der Waals surface area contributed by atoms with Crippen molar-refractivity contribution in [2.75, 3.05) is 0 Å². The number of carbonyl (C=O) groups is 2. The number of hydrazine groups is 1. The van der Waals surface area contributed by atoms with E-state index in [-0.39, 0.29) is 23.7 Å². The van der Waals surface area contributed by atoms with Crippen LogP contribution in [0.2, 0.25) is 0 Å². The first kappa shape index (κ1) is 19.5. The van der Waals surface area contributed by atoms with E-state index in [2.05, 4.69) is 46.7 Å². The molecule has 146 valence electrons. The number of amides is 2. The highest BCUT2D eigenvalue weighted by molar-refractivity contribution is 5.95. The Labute approximate surface area is 163 Å². The zero-order valence-corrected chi connectivity index (χ0v) is 16.7. The summed E-state index contributed by atoms with van der Waals surface area (Å²) in [5, 5.41) is 4.11. The Morgan fingerprint density at radius 3 is 2.39 bits per heavy atom. The third-order valence-electron chi connectivity index (χ3n) is 4.65. The van der Waals surface area contributed by atoms with E-state index in [1.54, 1.807) is 16.6 Å². The zero-order valence-electron chi connectivity index (χ0n) is 16.7. The molecule has 0 atom stereocenters. The monoisotopic (exact) mass is 380 g/mol. The van der Waals surface area contributed by atoms with Gasteiger partial charge in [0.2, 0.25) is 5.91 Å². The summed E-state index contributed by atoms with van der Waals surface area (Å²) in [6.45, 7) is 10.0. The highest BCUT2D eigenvalue weighted by atomic mass is 16.2. The lowest BCUT2D eigenvalue weighted by Crippen LogP contribution is -2.42. The van der Waals surface area contributed by atoms with Crippen LogP contribution >= 0.6 is 0 Å². The van der Waals surface area contributed by atoms with Crippen molar-refractivity contribution in [2.24, 2.45) is 0 Å². The SMILES string of the molecule is Cc1nc2ncnn2c(C)c1CC(=O)NNC(=O)c1ccc(C(C)(C)C)cc1. The fraction of sp³-hybridized carbons (Fsp3) is 0.350. The maximum atomic E-state index is 12.3. The van der Waals surface area contributed by atoms with Crippen molar-refractivity contribution in [1.29, 1.82) is 0 Å². The number of aryl methyl sites for hydroxylation is 2. The Morgan fingerprint density at radius 1 is 1.07 bits per heavy atom. The molecule has 0 spiro atoms. The van der Waals surface area contributed by atoms with Crippen LogP contribution < -0.4 is 10.9 Å². The van der Waals surface area contributed by atoms with Crippen LogP contribution in [0.4, 0.5) is 0 Å². The molecule has 2 heterocycles. The Balaban J connectivity index is 1.64. The molecule has 0 radical (unpaired) electrons. The van der Waals surface area contributed by atoms with Crippen molar-refractivity contribution in [3.63, 3.8) is 0 Å². The molecule has 0 unspecified atom stereocenters. The number of rotatable bonds is 3. The Morgan fingerprint density at radius 2 is 1.75 bits per heavy atom. The first-order valence-electron chi connectivity index (χ1n) is 9.02. The summed E-state index contributed by atoms with van der Waals surface area (Å²) in [6.07, 6.45) is 1.49. The average Bonchev–Trinajstić information content (AvgIpc) is 3.11. The number of nitrogens with one attached hydrogen (secondary N) is 2. The zero-order chi connectivity index (χ0) is 20.5. The molecule has 0 aliphatic carbocycles. The Hall–Kier alpha value is -3.29. The van der Waals surface area contributed by atoms with Gasteiger partial charge in [-0.15, -0.1) is 0 Å². The van der Waals surface area contributed by atoms with E-state index in [0.717, 1.165) is 16.8 Å². The minimum Gasteiger partial charge on any atom is -0.273 e. The van der Waals surface area contributed by atoms with Crippen molar-refractivity contribution in [1.82, 2.24) is 30.4 Å². The number of hydrogen-bond acceptors (Lipinski definition) is 5. The molecule has 2 amide bonds. The van der Waals surface area contributed by atoms with Crippen LogP contribution in [0, 0.1) is 13.8 Å². The Bertz CT molecular complexity index is 1030. The van der Waals surface area contributed by atoms with E-state index in [9.17, 15) is 9.59 Å².